The molecule has 0 bridgehead atoms. The zero-order valence-electron chi connectivity index (χ0n) is 18.8. The molecule has 2 heterocycles. The van der Waals surface area contributed by atoms with Crippen LogP contribution in [0.1, 0.15) is 46.1 Å². The number of carbonyl (C=O) groups excluding carboxylic acids is 1. The molecule has 0 spiro atoms. The van der Waals surface area contributed by atoms with E-state index in [1.54, 1.807) is 13.3 Å². The Hall–Kier alpha value is -3.18. The summed E-state index contributed by atoms with van der Waals surface area (Å²) in [4.78, 5) is 20.2. The van der Waals surface area contributed by atoms with Gasteiger partial charge in [-0.25, -0.2) is 0 Å². The van der Waals surface area contributed by atoms with E-state index in [1.807, 2.05) is 61.5 Å². The molecule has 1 fully saturated rings. The van der Waals surface area contributed by atoms with Crippen molar-refractivity contribution in [3.63, 3.8) is 0 Å². The highest BCUT2D eigenvalue weighted by molar-refractivity contribution is 5.95. The fourth-order valence-electron chi connectivity index (χ4n) is 4.56. The number of piperidine rings is 1. The van der Waals surface area contributed by atoms with Crippen molar-refractivity contribution in [2.75, 3.05) is 20.2 Å². The summed E-state index contributed by atoms with van der Waals surface area (Å²) in [5, 5.41) is 3.30. The predicted molar refractivity (Wildman–Crippen MR) is 127 cm³/mol. The van der Waals surface area contributed by atoms with Crippen LogP contribution in [0.15, 0.2) is 72.9 Å². The summed E-state index contributed by atoms with van der Waals surface area (Å²) in [6, 6.07) is 21.8. The summed E-state index contributed by atoms with van der Waals surface area (Å²) in [5.41, 5.74) is 3.85. The second-order valence-corrected chi connectivity index (χ2v) is 8.45. The van der Waals surface area contributed by atoms with Crippen LogP contribution in [0.4, 0.5) is 0 Å². The number of ether oxygens (including phenoxy) is 1. The van der Waals surface area contributed by atoms with E-state index in [2.05, 4.69) is 27.3 Å². The Morgan fingerprint density at radius 3 is 2.50 bits per heavy atom. The van der Waals surface area contributed by atoms with Crippen LogP contribution in [-0.2, 0) is 6.54 Å². The predicted octanol–water partition coefficient (Wildman–Crippen LogP) is 4.78. The van der Waals surface area contributed by atoms with E-state index in [-0.39, 0.29) is 11.9 Å². The summed E-state index contributed by atoms with van der Waals surface area (Å²) in [6.45, 7) is 4.81. The molecule has 1 atom stereocenters. The molecule has 5 nitrogen and oxygen atoms in total. The van der Waals surface area contributed by atoms with Crippen molar-refractivity contribution >= 4 is 5.91 Å². The minimum atomic E-state index is -0.100. The first kappa shape index (κ1) is 22.0. The SMILES string of the molecule is COc1ccccc1CN1CCC(C(NC(=O)c2ccccc2C)c2ccccn2)CC1. The van der Waals surface area contributed by atoms with Crippen LogP contribution in [0.3, 0.4) is 0 Å². The van der Waals surface area contributed by atoms with Gasteiger partial charge in [0.1, 0.15) is 5.75 Å². The Morgan fingerprint density at radius 2 is 1.78 bits per heavy atom. The van der Waals surface area contributed by atoms with Crippen molar-refractivity contribution in [1.29, 1.82) is 0 Å². The molecule has 0 aliphatic carbocycles. The molecular weight excluding hydrogens is 398 g/mol. The molecular formula is C27H31N3O2. The second kappa shape index (κ2) is 10.4. The largest absolute Gasteiger partial charge is 0.496 e. The molecule has 1 aliphatic rings. The minimum Gasteiger partial charge on any atom is -0.496 e. The number of rotatable bonds is 7. The smallest absolute Gasteiger partial charge is 0.252 e. The lowest BCUT2D eigenvalue weighted by atomic mass is 9.86. The Bertz CT molecular complexity index is 1030. The van der Waals surface area contributed by atoms with Crippen molar-refractivity contribution in [1.82, 2.24) is 15.2 Å². The van der Waals surface area contributed by atoms with Gasteiger partial charge in [0.25, 0.3) is 5.91 Å². The molecule has 1 amide bonds. The van der Waals surface area contributed by atoms with E-state index < -0.39 is 0 Å². The topological polar surface area (TPSA) is 54.5 Å². The zero-order valence-corrected chi connectivity index (χ0v) is 18.8. The third-order valence-electron chi connectivity index (χ3n) is 6.37. The molecule has 166 valence electrons. The fraction of sp³-hybridized carbons (Fsp3) is 0.333. The van der Waals surface area contributed by atoms with Gasteiger partial charge in [-0.15, -0.1) is 0 Å². The molecule has 0 saturated carbocycles. The zero-order chi connectivity index (χ0) is 22.3. The first-order chi connectivity index (χ1) is 15.7. The lowest BCUT2D eigenvalue weighted by Gasteiger charge is -2.36. The number of hydrogen-bond acceptors (Lipinski definition) is 4. The second-order valence-electron chi connectivity index (χ2n) is 8.45. The van der Waals surface area contributed by atoms with Gasteiger partial charge in [-0.2, -0.15) is 0 Å². The number of aromatic nitrogens is 1. The highest BCUT2D eigenvalue weighted by atomic mass is 16.5. The molecule has 2 aromatic carbocycles. The van der Waals surface area contributed by atoms with E-state index in [0.717, 1.165) is 55.0 Å². The Labute approximate surface area is 190 Å². The van der Waals surface area contributed by atoms with Crippen molar-refractivity contribution < 1.29 is 9.53 Å². The number of hydrogen-bond donors (Lipinski definition) is 1. The van der Waals surface area contributed by atoms with Crippen LogP contribution in [0.5, 0.6) is 5.75 Å². The Balaban J connectivity index is 1.46. The van der Waals surface area contributed by atoms with Crippen LogP contribution in [-0.4, -0.2) is 36.0 Å². The van der Waals surface area contributed by atoms with Gasteiger partial charge in [-0.1, -0.05) is 42.5 Å². The number of para-hydroxylation sites is 1. The summed E-state index contributed by atoms with van der Waals surface area (Å²) >= 11 is 0. The van der Waals surface area contributed by atoms with E-state index in [0.29, 0.717) is 5.92 Å². The maximum absolute atomic E-state index is 13.1. The highest BCUT2D eigenvalue weighted by Gasteiger charge is 2.30. The van der Waals surface area contributed by atoms with Gasteiger partial charge in [0.15, 0.2) is 0 Å². The normalized spacial score (nSPS) is 15.8. The van der Waals surface area contributed by atoms with Gasteiger partial charge in [0.2, 0.25) is 0 Å². The molecule has 1 aromatic heterocycles. The summed E-state index contributed by atoms with van der Waals surface area (Å²) in [7, 11) is 1.72. The fourth-order valence-corrected chi connectivity index (χ4v) is 4.56. The van der Waals surface area contributed by atoms with Crippen LogP contribution in [0.25, 0.3) is 0 Å². The number of nitrogens with one attached hydrogen (secondary N) is 1. The minimum absolute atomic E-state index is 0.0322. The maximum atomic E-state index is 13.1. The van der Waals surface area contributed by atoms with Crippen molar-refractivity contribution in [3.8, 4) is 5.75 Å². The molecule has 1 saturated heterocycles. The molecule has 4 rings (SSSR count). The molecule has 32 heavy (non-hydrogen) atoms. The number of nitrogens with zero attached hydrogens (tertiary/aromatic N) is 2. The van der Waals surface area contributed by atoms with Crippen LogP contribution >= 0.6 is 0 Å². The summed E-state index contributed by atoms with van der Waals surface area (Å²) in [5.74, 6) is 1.24. The van der Waals surface area contributed by atoms with Gasteiger partial charge >= 0.3 is 0 Å². The van der Waals surface area contributed by atoms with Crippen molar-refractivity contribution in [2.24, 2.45) is 5.92 Å². The Kier molecular flexibility index (Phi) is 7.17. The lowest BCUT2D eigenvalue weighted by Crippen LogP contribution is -2.41. The average molecular weight is 430 g/mol. The molecule has 0 radical (unpaired) electrons. The van der Waals surface area contributed by atoms with Crippen LogP contribution < -0.4 is 10.1 Å². The van der Waals surface area contributed by atoms with E-state index in [4.69, 9.17) is 4.74 Å². The number of amides is 1. The highest BCUT2D eigenvalue weighted by Crippen LogP contribution is 2.31. The first-order valence-electron chi connectivity index (χ1n) is 11.3. The standard InChI is InChI=1S/C27H31N3O2/c1-20-9-3-5-11-23(20)27(31)29-26(24-12-7-8-16-28-24)21-14-17-30(18-15-21)19-22-10-4-6-13-25(22)32-2/h3-13,16,21,26H,14-15,17-19H2,1-2H3,(H,29,31). The molecule has 3 aromatic rings. The molecule has 1 aliphatic heterocycles. The number of pyridine rings is 1. The van der Waals surface area contributed by atoms with Crippen molar-refractivity contribution in [3.05, 3.63) is 95.3 Å². The Morgan fingerprint density at radius 1 is 1.06 bits per heavy atom. The first-order valence-corrected chi connectivity index (χ1v) is 11.3. The van der Waals surface area contributed by atoms with Crippen LogP contribution in [0.2, 0.25) is 0 Å². The number of likely N-dealkylation sites (tertiary alicyclic amines) is 1. The van der Waals surface area contributed by atoms with Gasteiger partial charge < -0.3 is 10.1 Å². The van der Waals surface area contributed by atoms with Gasteiger partial charge in [-0.05, 0) is 68.6 Å². The monoisotopic (exact) mass is 429 g/mol. The molecule has 5 heteroatoms. The van der Waals surface area contributed by atoms with Crippen LogP contribution in [0, 0.1) is 12.8 Å². The third kappa shape index (κ3) is 5.17. The lowest BCUT2D eigenvalue weighted by molar-refractivity contribution is 0.0887. The summed E-state index contributed by atoms with van der Waals surface area (Å²) < 4.78 is 5.52. The quantitative estimate of drug-likeness (QED) is 0.587. The van der Waals surface area contributed by atoms with E-state index >= 15 is 0 Å². The van der Waals surface area contributed by atoms with Gasteiger partial charge in [0.05, 0.1) is 18.8 Å². The van der Waals surface area contributed by atoms with E-state index in [9.17, 15) is 4.79 Å². The van der Waals surface area contributed by atoms with Gasteiger partial charge in [0, 0.05) is 23.9 Å². The van der Waals surface area contributed by atoms with E-state index in [1.165, 1.54) is 5.56 Å². The number of carbonyl (C=O) groups is 1. The average Bonchev–Trinajstić information content (AvgIpc) is 2.84. The molecule has 1 N–H and O–H groups in total. The number of methoxy groups -OCH3 is 1. The third-order valence-corrected chi connectivity index (χ3v) is 6.37. The van der Waals surface area contributed by atoms with Gasteiger partial charge in [-0.3, -0.25) is 14.7 Å². The van der Waals surface area contributed by atoms with Crippen molar-refractivity contribution in [2.45, 2.75) is 32.4 Å². The maximum Gasteiger partial charge on any atom is 0.252 e. The summed E-state index contributed by atoms with van der Waals surface area (Å²) in [6.07, 6.45) is 3.81. The number of aryl methyl sites for hydroxylation is 1. The molecule has 1 unspecified atom stereocenters. The number of benzene rings is 2.